The summed E-state index contributed by atoms with van der Waals surface area (Å²) in [4.78, 5) is 4.56. The van der Waals surface area contributed by atoms with Crippen molar-refractivity contribution < 1.29 is 4.42 Å². The van der Waals surface area contributed by atoms with Gasteiger partial charge < -0.3 is 4.42 Å². The molecule has 0 fully saturated rings. The maximum absolute atomic E-state index is 5.88. The minimum Gasteiger partial charge on any atom is -0.440 e. The number of hydrogen-bond acceptors (Lipinski definition) is 2. The second-order valence-electron chi connectivity index (χ2n) is 5.80. The van der Waals surface area contributed by atoms with Crippen molar-refractivity contribution in [3.63, 3.8) is 0 Å². The highest BCUT2D eigenvalue weighted by Crippen LogP contribution is 2.30. The average Bonchev–Trinajstić information content (AvgIpc) is 2.54. The Balaban J connectivity index is 2.55. The van der Waals surface area contributed by atoms with Gasteiger partial charge >= 0.3 is 0 Å². The van der Waals surface area contributed by atoms with E-state index in [1.54, 1.807) is 0 Å². The van der Waals surface area contributed by atoms with Gasteiger partial charge in [-0.15, -0.1) is 0 Å². The third-order valence-electron chi connectivity index (χ3n) is 2.90. The molecule has 0 N–H and O–H groups in total. The van der Waals surface area contributed by atoms with Gasteiger partial charge in [0.25, 0.3) is 0 Å². The Labute approximate surface area is 111 Å². The van der Waals surface area contributed by atoms with E-state index in [1.807, 2.05) is 6.07 Å². The van der Waals surface area contributed by atoms with Gasteiger partial charge in [-0.2, -0.15) is 0 Å². The summed E-state index contributed by atoms with van der Waals surface area (Å²) in [5.41, 5.74) is 4.45. The monoisotopic (exact) mass is 295 g/mol. The zero-order chi connectivity index (χ0) is 12.8. The minimum atomic E-state index is 0.195. The molecule has 0 unspecified atom stereocenters. The number of aryl methyl sites for hydroxylation is 1. The van der Waals surface area contributed by atoms with Crippen LogP contribution in [-0.4, -0.2) is 4.98 Å². The van der Waals surface area contributed by atoms with E-state index < -0.39 is 0 Å². The minimum absolute atomic E-state index is 0.195. The average molecular weight is 296 g/mol. The van der Waals surface area contributed by atoms with Crippen LogP contribution in [0.5, 0.6) is 0 Å². The summed E-state index contributed by atoms with van der Waals surface area (Å²) in [6.45, 7) is 10.7. The van der Waals surface area contributed by atoms with Crippen molar-refractivity contribution in [2.75, 3.05) is 0 Å². The van der Waals surface area contributed by atoms with Crippen molar-refractivity contribution in [2.45, 2.75) is 41.0 Å². The van der Waals surface area contributed by atoms with Gasteiger partial charge in [0.05, 0.1) is 0 Å². The third-order valence-corrected chi connectivity index (χ3v) is 3.73. The van der Waals surface area contributed by atoms with E-state index in [0.717, 1.165) is 27.9 Å². The fraction of sp³-hybridized carbons (Fsp3) is 0.500. The summed E-state index contributed by atoms with van der Waals surface area (Å²) in [7, 11) is 0. The van der Waals surface area contributed by atoms with Crippen molar-refractivity contribution in [2.24, 2.45) is 5.41 Å². The number of nitrogens with zero attached hydrogens (tertiary/aromatic N) is 1. The molecule has 2 rings (SSSR count). The SMILES string of the molecule is Cc1c(Br)cc2nc(CC(C)(C)C)oc2c1C. The summed E-state index contributed by atoms with van der Waals surface area (Å²) in [5, 5.41) is 0. The third kappa shape index (κ3) is 2.54. The maximum atomic E-state index is 5.88. The first kappa shape index (κ1) is 12.6. The molecule has 0 aliphatic carbocycles. The fourth-order valence-corrected chi connectivity index (χ4v) is 2.37. The van der Waals surface area contributed by atoms with E-state index >= 15 is 0 Å². The lowest BCUT2D eigenvalue weighted by molar-refractivity contribution is 0.361. The van der Waals surface area contributed by atoms with Crippen LogP contribution in [0.4, 0.5) is 0 Å². The molecule has 0 aliphatic heterocycles. The first-order chi connectivity index (χ1) is 7.78. The number of benzene rings is 1. The molecular weight excluding hydrogens is 278 g/mol. The molecule has 1 aromatic heterocycles. The standard InChI is InChI=1S/C14H18BrNO/c1-8-9(2)13-11(6-10(8)15)16-12(17-13)7-14(3,4)5/h6H,7H2,1-5H3. The second-order valence-corrected chi connectivity index (χ2v) is 6.66. The topological polar surface area (TPSA) is 26.0 Å². The van der Waals surface area contributed by atoms with E-state index in [1.165, 1.54) is 11.1 Å². The van der Waals surface area contributed by atoms with Gasteiger partial charge in [-0.3, -0.25) is 0 Å². The Morgan fingerprint density at radius 3 is 2.47 bits per heavy atom. The van der Waals surface area contributed by atoms with Gasteiger partial charge in [0.1, 0.15) is 5.52 Å². The molecule has 0 saturated carbocycles. The Kier molecular flexibility index (Phi) is 3.06. The molecule has 1 aromatic carbocycles. The van der Waals surface area contributed by atoms with Crippen LogP contribution in [0.1, 0.15) is 37.8 Å². The van der Waals surface area contributed by atoms with Crippen molar-refractivity contribution in [3.8, 4) is 0 Å². The van der Waals surface area contributed by atoms with Crippen LogP contribution < -0.4 is 0 Å². The van der Waals surface area contributed by atoms with Crippen LogP contribution in [-0.2, 0) is 6.42 Å². The van der Waals surface area contributed by atoms with E-state index in [9.17, 15) is 0 Å². The van der Waals surface area contributed by atoms with Gasteiger partial charge in [0.15, 0.2) is 11.5 Å². The highest BCUT2D eigenvalue weighted by atomic mass is 79.9. The van der Waals surface area contributed by atoms with E-state index in [-0.39, 0.29) is 5.41 Å². The number of fused-ring (bicyclic) bond motifs is 1. The molecule has 0 atom stereocenters. The molecule has 0 aliphatic rings. The normalized spacial score (nSPS) is 12.4. The van der Waals surface area contributed by atoms with Gasteiger partial charge in [0, 0.05) is 10.9 Å². The van der Waals surface area contributed by atoms with Gasteiger partial charge in [-0.05, 0) is 36.5 Å². The summed E-state index contributed by atoms with van der Waals surface area (Å²) in [5.74, 6) is 0.827. The van der Waals surface area contributed by atoms with Gasteiger partial charge in [-0.25, -0.2) is 4.98 Å². The summed E-state index contributed by atoms with van der Waals surface area (Å²) in [6, 6.07) is 2.04. The zero-order valence-corrected chi connectivity index (χ0v) is 12.6. The van der Waals surface area contributed by atoms with E-state index in [0.29, 0.717) is 0 Å². The molecule has 1 heterocycles. The van der Waals surface area contributed by atoms with Crippen LogP contribution in [0.25, 0.3) is 11.1 Å². The molecule has 0 bridgehead atoms. The van der Waals surface area contributed by atoms with Crippen molar-refractivity contribution in [1.29, 1.82) is 0 Å². The highest BCUT2D eigenvalue weighted by molar-refractivity contribution is 9.10. The zero-order valence-electron chi connectivity index (χ0n) is 11.0. The Morgan fingerprint density at radius 1 is 1.24 bits per heavy atom. The predicted molar refractivity (Wildman–Crippen MR) is 74.3 cm³/mol. The van der Waals surface area contributed by atoms with Crippen LogP contribution >= 0.6 is 15.9 Å². The molecule has 2 nitrogen and oxygen atoms in total. The quantitative estimate of drug-likeness (QED) is 0.755. The number of aromatic nitrogens is 1. The molecule has 0 saturated heterocycles. The molecule has 0 amide bonds. The van der Waals surface area contributed by atoms with Gasteiger partial charge in [-0.1, -0.05) is 36.7 Å². The Hall–Kier alpha value is -0.830. The lowest BCUT2D eigenvalue weighted by Gasteiger charge is -2.14. The fourth-order valence-electron chi connectivity index (χ4n) is 1.85. The Bertz CT molecular complexity index is 564. The van der Waals surface area contributed by atoms with E-state index in [4.69, 9.17) is 4.42 Å². The van der Waals surface area contributed by atoms with Crippen LogP contribution in [0.2, 0.25) is 0 Å². The smallest absolute Gasteiger partial charge is 0.196 e. The first-order valence-corrected chi connectivity index (χ1v) is 6.62. The Morgan fingerprint density at radius 2 is 1.88 bits per heavy atom. The molecule has 92 valence electrons. The second kappa shape index (κ2) is 4.13. The van der Waals surface area contributed by atoms with Crippen molar-refractivity contribution >= 4 is 27.0 Å². The van der Waals surface area contributed by atoms with Crippen molar-refractivity contribution in [3.05, 3.63) is 27.6 Å². The lowest BCUT2D eigenvalue weighted by Crippen LogP contribution is -2.09. The van der Waals surface area contributed by atoms with Crippen LogP contribution in [0.15, 0.2) is 15.0 Å². The van der Waals surface area contributed by atoms with Gasteiger partial charge in [0.2, 0.25) is 0 Å². The molecule has 0 radical (unpaired) electrons. The van der Waals surface area contributed by atoms with Crippen molar-refractivity contribution in [1.82, 2.24) is 4.98 Å². The summed E-state index contributed by atoms with van der Waals surface area (Å²) >= 11 is 3.56. The molecule has 3 heteroatoms. The highest BCUT2D eigenvalue weighted by Gasteiger charge is 2.18. The van der Waals surface area contributed by atoms with E-state index in [2.05, 4.69) is 55.5 Å². The predicted octanol–water partition coefficient (Wildman–Crippen LogP) is 4.80. The molecule has 0 spiro atoms. The first-order valence-electron chi connectivity index (χ1n) is 5.83. The maximum Gasteiger partial charge on any atom is 0.196 e. The lowest BCUT2D eigenvalue weighted by atomic mass is 9.92. The summed E-state index contributed by atoms with van der Waals surface area (Å²) < 4.78 is 6.97. The molecule has 2 aromatic rings. The molecule has 17 heavy (non-hydrogen) atoms. The number of oxazole rings is 1. The summed E-state index contributed by atoms with van der Waals surface area (Å²) in [6.07, 6.45) is 0.859. The number of halogens is 1. The number of hydrogen-bond donors (Lipinski definition) is 0. The van der Waals surface area contributed by atoms with Crippen LogP contribution in [0.3, 0.4) is 0 Å². The molecular formula is C14H18BrNO. The van der Waals surface area contributed by atoms with Crippen LogP contribution in [0, 0.1) is 19.3 Å². The largest absolute Gasteiger partial charge is 0.440 e. The number of rotatable bonds is 1.